The largest absolute Gasteiger partial charge is 0.385 e. The summed E-state index contributed by atoms with van der Waals surface area (Å²) in [6.07, 6.45) is 4.01. The molecule has 2 heterocycles. The number of nitrogens with two attached hydrogens (primary N) is 2. The van der Waals surface area contributed by atoms with Crippen LogP contribution in [-0.2, 0) is 19.1 Å². The third-order valence-corrected chi connectivity index (χ3v) is 9.97. The Kier molecular flexibility index (Phi) is 7.38. The van der Waals surface area contributed by atoms with Gasteiger partial charge in [0.1, 0.15) is 23.7 Å². The van der Waals surface area contributed by atoms with Crippen LogP contribution in [0.4, 0.5) is 9.59 Å². The Morgan fingerprint density at radius 3 is 2.21 bits per heavy atom. The molecule has 0 aromatic carbocycles. The second-order valence-corrected chi connectivity index (χ2v) is 18.0. The standard InChI is InChI=1S/C25H40N6O6Si/c1-5-10-29-19(32)17(18(26)27)20(33)31(23(29)36)16-6-8-24(9-7-16)13-25(14-24)21(34)30(22(35)28-25)15-37-11-12-38(2,3)4/h16H,5-15,26-27H2,1-4H3,(H,28,35). The first-order chi connectivity index (χ1) is 17.7. The van der Waals surface area contributed by atoms with Gasteiger partial charge in [-0.15, -0.1) is 0 Å². The molecule has 210 valence electrons. The van der Waals surface area contributed by atoms with E-state index in [2.05, 4.69) is 25.0 Å². The lowest BCUT2D eigenvalue weighted by atomic mass is 9.51. The Morgan fingerprint density at radius 2 is 1.66 bits per heavy atom. The van der Waals surface area contributed by atoms with Crippen molar-refractivity contribution in [1.82, 2.24) is 20.0 Å². The number of rotatable bonds is 8. The first kappa shape index (κ1) is 28.1. The molecule has 12 nitrogen and oxygen atoms in total. The van der Waals surface area contributed by atoms with Crippen LogP contribution in [-0.4, -0.2) is 84.0 Å². The number of nitrogens with zero attached hydrogens (tertiary/aromatic N) is 3. The van der Waals surface area contributed by atoms with E-state index in [1.54, 1.807) is 0 Å². The molecule has 2 spiro atoms. The lowest BCUT2D eigenvalue weighted by Gasteiger charge is -2.56. The van der Waals surface area contributed by atoms with E-state index in [-0.39, 0.29) is 30.2 Å². The molecule has 0 unspecified atom stereocenters. The molecular weight excluding hydrogens is 508 g/mol. The summed E-state index contributed by atoms with van der Waals surface area (Å²) in [6.45, 7) is 9.19. The molecule has 7 amide bonds. The summed E-state index contributed by atoms with van der Waals surface area (Å²) in [5, 5.41) is 2.90. The molecule has 0 radical (unpaired) electrons. The highest BCUT2D eigenvalue weighted by Gasteiger charge is 2.65. The lowest BCUT2D eigenvalue weighted by molar-refractivity contribution is -0.146. The number of amides is 7. The average molecular weight is 549 g/mol. The Hall–Kier alpha value is -2.93. The Bertz CT molecular complexity index is 1060. The summed E-state index contributed by atoms with van der Waals surface area (Å²) in [4.78, 5) is 68.0. The molecule has 4 rings (SSSR count). The van der Waals surface area contributed by atoms with Gasteiger partial charge in [0.2, 0.25) is 0 Å². The highest BCUT2D eigenvalue weighted by molar-refractivity contribution is 6.76. The van der Waals surface area contributed by atoms with Gasteiger partial charge in [0, 0.05) is 27.3 Å². The quantitative estimate of drug-likeness (QED) is 0.135. The maximum atomic E-state index is 13.2. The van der Waals surface area contributed by atoms with Crippen LogP contribution in [0.25, 0.3) is 0 Å². The van der Waals surface area contributed by atoms with Crippen LogP contribution in [0.2, 0.25) is 25.7 Å². The first-order valence-electron chi connectivity index (χ1n) is 13.4. The number of nitrogens with one attached hydrogen (secondary N) is 1. The Balaban J connectivity index is 1.37. The van der Waals surface area contributed by atoms with Gasteiger partial charge in [0.25, 0.3) is 17.7 Å². The minimum atomic E-state index is -1.28. The van der Waals surface area contributed by atoms with Crippen molar-refractivity contribution in [2.24, 2.45) is 16.9 Å². The summed E-state index contributed by atoms with van der Waals surface area (Å²) in [6, 6.07) is -0.506. The second-order valence-electron chi connectivity index (χ2n) is 12.4. The van der Waals surface area contributed by atoms with Gasteiger partial charge in [-0.3, -0.25) is 24.2 Å². The van der Waals surface area contributed by atoms with Gasteiger partial charge < -0.3 is 21.5 Å². The van der Waals surface area contributed by atoms with E-state index in [9.17, 15) is 24.0 Å². The van der Waals surface area contributed by atoms with Crippen molar-refractivity contribution in [3.63, 3.8) is 0 Å². The van der Waals surface area contributed by atoms with Crippen LogP contribution in [0.1, 0.15) is 51.9 Å². The van der Waals surface area contributed by atoms with Crippen LogP contribution in [0.15, 0.2) is 11.4 Å². The van der Waals surface area contributed by atoms with Gasteiger partial charge in [-0.25, -0.2) is 14.5 Å². The van der Waals surface area contributed by atoms with Crippen molar-refractivity contribution in [1.29, 1.82) is 0 Å². The zero-order valence-electron chi connectivity index (χ0n) is 22.8. The normalized spacial score (nSPS) is 30.0. The summed E-state index contributed by atoms with van der Waals surface area (Å²) >= 11 is 0. The van der Waals surface area contributed by atoms with Crippen molar-refractivity contribution < 1.29 is 28.7 Å². The molecule has 5 N–H and O–H groups in total. The van der Waals surface area contributed by atoms with Crippen LogP contribution < -0.4 is 16.8 Å². The van der Waals surface area contributed by atoms with Crippen LogP contribution in [0, 0.1) is 5.41 Å². The number of barbiturate groups is 1. The van der Waals surface area contributed by atoms with E-state index in [0.29, 0.717) is 51.6 Å². The van der Waals surface area contributed by atoms with Crippen LogP contribution in [0.5, 0.6) is 0 Å². The number of hydrogen-bond donors (Lipinski definition) is 3. The molecule has 2 saturated heterocycles. The van der Waals surface area contributed by atoms with Gasteiger partial charge in [0.15, 0.2) is 0 Å². The predicted molar refractivity (Wildman–Crippen MR) is 141 cm³/mol. The predicted octanol–water partition coefficient (Wildman–Crippen LogP) is 1.64. The van der Waals surface area contributed by atoms with E-state index >= 15 is 0 Å². The fourth-order valence-electron chi connectivity index (χ4n) is 6.26. The van der Waals surface area contributed by atoms with E-state index < -0.39 is 49.4 Å². The van der Waals surface area contributed by atoms with Gasteiger partial charge in [-0.1, -0.05) is 26.6 Å². The Labute approximate surface area is 224 Å². The van der Waals surface area contributed by atoms with E-state index in [1.165, 1.54) is 0 Å². The van der Waals surface area contributed by atoms with Gasteiger partial charge >= 0.3 is 12.1 Å². The summed E-state index contributed by atoms with van der Waals surface area (Å²) < 4.78 is 5.65. The molecule has 0 aromatic heterocycles. The minimum Gasteiger partial charge on any atom is -0.385 e. The number of carbonyl (C=O) groups is 5. The van der Waals surface area contributed by atoms with Gasteiger partial charge in [0.05, 0.1) is 0 Å². The zero-order chi connectivity index (χ0) is 28.0. The molecule has 13 heteroatoms. The summed E-state index contributed by atoms with van der Waals surface area (Å²) in [5.74, 6) is -2.14. The number of imide groups is 3. The monoisotopic (exact) mass is 548 g/mol. The zero-order valence-corrected chi connectivity index (χ0v) is 23.8. The molecule has 2 saturated carbocycles. The van der Waals surface area contributed by atoms with E-state index in [0.717, 1.165) is 20.7 Å². The maximum absolute atomic E-state index is 13.2. The summed E-state index contributed by atoms with van der Waals surface area (Å²) in [7, 11) is -1.28. The van der Waals surface area contributed by atoms with E-state index in [1.807, 2.05) is 6.92 Å². The third-order valence-electron chi connectivity index (χ3n) is 8.26. The molecule has 38 heavy (non-hydrogen) atoms. The number of ether oxygens (including phenoxy) is 1. The molecule has 4 aliphatic rings. The maximum Gasteiger partial charge on any atom is 0.334 e. The van der Waals surface area contributed by atoms with Crippen molar-refractivity contribution in [2.45, 2.75) is 89.1 Å². The smallest absolute Gasteiger partial charge is 0.334 e. The second kappa shape index (κ2) is 9.99. The van der Waals surface area contributed by atoms with Crippen molar-refractivity contribution in [3.8, 4) is 0 Å². The topological polar surface area (TPSA) is 168 Å². The van der Waals surface area contributed by atoms with Gasteiger partial charge in [-0.2, -0.15) is 0 Å². The van der Waals surface area contributed by atoms with E-state index in [4.69, 9.17) is 16.2 Å². The number of urea groups is 2. The minimum absolute atomic E-state index is 0.0434. The fourth-order valence-corrected chi connectivity index (χ4v) is 7.02. The fraction of sp³-hybridized carbons (Fsp3) is 0.720. The molecule has 2 aliphatic carbocycles. The Morgan fingerprint density at radius 1 is 1.03 bits per heavy atom. The molecule has 0 bridgehead atoms. The van der Waals surface area contributed by atoms with Crippen LogP contribution >= 0.6 is 0 Å². The third kappa shape index (κ3) is 4.93. The van der Waals surface area contributed by atoms with Crippen LogP contribution in [0.3, 0.4) is 0 Å². The SMILES string of the molecule is CCCN1C(=O)C(=C(N)N)C(=O)N(C2CCC3(CC2)CC2(C3)NC(=O)N(COCC[Si](C)(C)C)C2=O)C1=O. The summed E-state index contributed by atoms with van der Waals surface area (Å²) in [5.41, 5.74) is 9.89. The molecule has 4 fully saturated rings. The molecule has 2 aliphatic heterocycles. The van der Waals surface area contributed by atoms with Crippen molar-refractivity contribution in [3.05, 3.63) is 11.4 Å². The van der Waals surface area contributed by atoms with Gasteiger partial charge in [-0.05, 0) is 56.4 Å². The first-order valence-corrected chi connectivity index (χ1v) is 17.1. The number of hydrogen-bond acceptors (Lipinski definition) is 8. The number of carbonyl (C=O) groups excluding carboxylic acids is 5. The highest BCUT2D eigenvalue weighted by atomic mass is 28.3. The average Bonchev–Trinajstić information content (AvgIpc) is 3.04. The molecule has 0 atom stereocenters. The van der Waals surface area contributed by atoms with Crippen molar-refractivity contribution >= 4 is 37.9 Å². The molecule has 0 aromatic rings. The van der Waals surface area contributed by atoms with Crippen molar-refractivity contribution in [2.75, 3.05) is 19.9 Å². The molecular formula is C25H40N6O6Si. The highest BCUT2D eigenvalue weighted by Crippen LogP contribution is 2.58. The lowest BCUT2D eigenvalue weighted by Crippen LogP contribution is -2.65.